The molecule has 0 spiro atoms. The first-order valence-corrected chi connectivity index (χ1v) is 7.04. The van der Waals surface area contributed by atoms with E-state index < -0.39 is 5.82 Å². The molecule has 0 bridgehead atoms. The first-order chi connectivity index (χ1) is 10.5. The molecule has 0 saturated carbocycles. The molecule has 2 aromatic rings. The molecule has 0 saturated heterocycles. The monoisotopic (exact) mass is 320 g/mol. The first-order valence-electron chi connectivity index (χ1n) is 6.66. The van der Waals surface area contributed by atoms with E-state index in [2.05, 4.69) is 10.3 Å². The van der Waals surface area contributed by atoms with Gasteiger partial charge in [0.15, 0.2) is 5.78 Å². The maximum atomic E-state index is 12.8. The lowest BCUT2D eigenvalue weighted by Gasteiger charge is -2.13. The Balaban J connectivity index is 1.96. The number of hydrogen-bond donors (Lipinski definition) is 1. The second kappa shape index (κ2) is 7.13. The van der Waals surface area contributed by atoms with Crippen LogP contribution in [0, 0.1) is 5.82 Å². The van der Waals surface area contributed by atoms with Crippen molar-refractivity contribution in [1.82, 2.24) is 10.3 Å². The van der Waals surface area contributed by atoms with Crippen molar-refractivity contribution in [3.63, 3.8) is 0 Å². The fourth-order valence-electron chi connectivity index (χ4n) is 1.94. The predicted octanol–water partition coefficient (Wildman–Crippen LogP) is 3.27. The van der Waals surface area contributed by atoms with Gasteiger partial charge in [-0.3, -0.25) is 14.6 Å². The summed E-state index contributed by atoms with van der Waals surface area (Å²) in [7, 11) is 0. The lowest BCUT2D eigenvalue weighted by atomic mass is 10.0. The highest BCUT2D eigenvalue weighted by molar-refractivity contribution is 6.33. The minimum absolute atomic E-state index is 0.111. The van der Waals surface area contributed by atoms with E-state index in [-0.39, 0.29) is 29.2 Å². The zero-order valence-electron chi connectivity index (χ0n) is 11.8. The molecule has 0 aliphatic rings. The summed E-state index contributed by atoms with van der Waals surface area (Å²) in [6.07, 6.45) is 2.96. The number of halogens is 2. The van der Waals surface area contributed by atoms with E-state index in [1.807, 2.05) is 0 Å². The normalized spacial score (nSPS) is 11.8. The van der Waals surface area contributed by atoms with Gasteiger partial charge in [0.1, 0.15) is 5.82 Å². The highest BCUT2D eigenvalue weighted by Crippen LogP contribution is 2.14. The van der Waals surface area contributed by atoms with Crippen LogP contribution >= 0.6 is 11.6 Å². The van der Waals surface area contributed by atoms with Crippen LogP contribution in [0.2, 0.25) is 5.02 Å². The van der Waals surface area contributed by atoms with E-state index in [1.165, 1.54) is 42.7 Å². The van der Waals surface area contributed by atoms with Crippen LogP contribution in [0.3, 0.4) is 0 Å². The SMILES string of the molecule is C[C@H](CC(=O)c1ccc(F)cc1)NC(=O)c1ccncc1Cl. The Morgan fingerprint density at radius 1 is 1.27 bits per heavy atom. The van der Waals surface area contributed by atoms with E-state index in [1.54, 1.807) is 6.92 Å². The van der Waals surface area contributed by atoms with Crippen LogP contribution in [-0.2, 0) is 0 Å². The number of Topliss-reactive ketones (excluding diaryl/α,β-unsaturated/α-hetero) is 1. The number of aromatic nitrogens is 1. The fourth-order valence-corrected chi connectivity index (χ4v) is 2.15. The third-order valence-electron chi connectivity index (χ3n) is 3.05. The van der Waals surface area contributed by atoms with Gasteiger partial charge in [-0.25, -0.2) is 4.39 Å². The topological polar surface area (TPSA) is 59.1 Å². The third kappa shape index (κ3) is 4.11. The highest BCUT2D eigenvalue weighted by atomic mass is 35.5. The molecule has 0 unspecified atom stereocenters. The zero-order chi connectivity index (χ0) is 16.1. The maximum absolute atomic E-state index is 12.8. The number of nitrogens with zero attached hydrogens (tertiary/aromatic N) is 1. The molecule has 6 heteroatoms. The van der Waals surface area contributed by atoms with Crippen molar-refractivity contribution in [2.24, 2.45) is 0 Å². The number of hydrogen-bond acceptors (Lipinski definition) is 3. The van der Waals surface area contributed by atoms with E-state index in [9.17, 15) is 14.0 Å². The first kappa shape index (κ1) is 16.1. The molecule has 0 aliphatic carbocycles. The van der Waals surface area contributed by atoms with Crippen LogP contribution < -0.4 is 5.32 Å². The van der Waals surface area contributed by atoms with Crippen LogP contribution in [0.15, 0.2) is 42.7 Å². The summed E-state index contributed by atoms with van der Waals surface area (Å²) in [5.74, 6) is -0.939. The largest absolute Gasteiger partial charge is 0.349 e. The minimum Gasteiger partial charge on any atom is -0.349 e. The Labute approximate surface area is 132 Å². The van der Waals surface area contributed by atoms with Crippen molar-refractivity contribution in [1.29, 1.82) is 0 Å². The summed E-state index contributed by atoms with van der Waals surface area (Å²) in [6.45, 7) is 1.72. The van der Waals surface area contributed by atoms with Gasteiger partial charge in [-0.15, -0.1) is 0 Å². The van der Waals surface area contributed by atoms with E-state index >= 15 is 0 Å². The van der Waals surface area contributed by atoms with Crippen LogP contribution in [-0.4, -0.2) is 22.7 Å². The van der Waals surface area contributed by atoms with Crippen LogP contribution in [0.1, 0.15) is 34.1 Å². The van der Waals surface area contributed by atoms with Crippen molar-refractivity contribution >= 4 is 23.3 Å². The van der Waals surface area contributed by atoms with E-state index in [0.29, 0.717) is 11.1 Å². The Morgan fingerprint density at radius 3 is 2.59 bits per heavy atom. The second-order valence-electron chi connectivity index (χ2n) is 4.86. The lowest BCUT2D eigenvalue weighted by molar-refractivity contribution is 0.0918. The molecular formula is C16H14ClFN2O2. The van der Waals surface area contributed by atoms with E-state index in [4.69, 9.17) is 11.6 Å². The highest BCUT2D eigenvalue weighted by Gasteiger charge is 2.16. The number of rotatable bonds is 5. The van der Waals surface area contributed by atoms with Crippen LogP contribution in [0.25, 0.3) is 0 Å². The Kier molecular flexibility index (Phi) is 5.22. The molecule has 1 amide bonds. The molecule has 0 fully saturated rings. The van der Waals surface area contributed by atoms with Crippen molar-refractivity contribution in [2.75, 3.05) is 0 Å². The van der Waals surface area contributed by atoms with Crippen molar-refractivity contribution < 1.29 is 14.0 Å². The number of amides is 1. The number of benzene rings is 1. The quantitative estimate of drug-likeness (QED) is 0.860. The summed E-state index contributed by atoms with van der Waals surface area (Å²) in [6, 6.07) is 6.43. The number of ketones is 1. The molecular weight excluding hydrogens is 307 g/mol. The molecule has 0 aliphatic heterocycles. The van der Waals surface area contributed by atoms with E-state index in [0.717, 1.165) is 0 Å². The van der Waals surface area contributed by atoms with Gasteiger partial charge >= 0.3 is 0 Å². The molecule has 1 aromatic carbocycles. The summed E-state index contributed by atoms with van der Waals surface area (Å²) >= 11 is 5.89. The predicted molar refractivity (Wildman–Crippen MR) is 81.5 cm³/mol. The number of pyridine rings is 1. The van der Waals surface area contributed by atoms with Gasteiger partial charge < -0.3 is 5.32 Å². The van der Waals surface area contributed by atoms with Crippen molar-refractivity contribution in [3.05, 3.63) is 64.7 Å². The standard InChI is InChI=1S/C16H14ClFN2O2/c1-10(8-15(21)11-2-4-12(18)5-3-11)20-16(22)13-6-7-19-9-14(13)17/h2-7,9-10H,8H2,1H3,(H,20,22)/t10-/m1/s1. The molecule has 1 heterocycles. The third-order valence-corrected chi connectivity index (χ3v) is 3.35. The Bertz CT molecular complexity index is 689. The average molecular weight is 321 g/mol. The molecule has 1 aromatic heterocycles. The molecule has 4 nitrogen and oxygen atoms in total. The Hall–Kier alpha value is -2.27. The summed E-state index contributed by atoms with van der Waals surface area (Å²) in [5.41, 5.74) is 0.710. The van der Waals surface area contributed by atoms with Crippen LogP contribution in [0.4, 0.5) is 4.39 Å². The second-order valence-corrected chi connectivity index (χ2v) is 5.27. The number of carbonyl (C=O) groups is 2. The molecule has 114 valence electrons. The van der Waals surface area contributed by atoms with Gasteiger partial charge in [-0.1, -0.05) is 11.6 Å². The molecule has 1 N–H and O–H groups in total. The van der Waals surface area contributed by atoms with Gasteiger partial charge in [0.25, 0.3) is 5.91 Å². The van der Waals surface area contributed by atoms with Crippen molar-refractivity contribution in [2.45, 2.75) is 19.4 Å². The van der Waals surface area contributed by atoms with Crippen molar-refractivity contribution in [3.8, 4) is 0 Å². The van der Waals surface area contributed by atoms with Gasteiger partial charge in [-0.05, 0) is 37.3 Å². The fraction of sp³-hybridized carbons (Fsp3) is 0.188. The van der Waals surface area contributed by atoms with Gasteiger partial charge in [0.05, 0.1) is 10.6 Å². The minimum atomic E-state index is -0.398. The molecule has 0 radical (unpaired) electrons. The molecule has 1 atom stereocenters. The number of carbonyl (C=O) groups excluding carboxylic acids is 2. The summed E-state index contributed by atoms with van der Waals surface area (Å²) in [5, 5.41) is 2.95. The Morgan fingerprint density at radius 2 is 1.95 bits per heavy atom. The average Bonchev–Trinajstić information content (AvgIpc) is 2.48. The van der Waals surface area contributed by atoms with Gasteiger partial charge in [-0.2, -0.15) is 0 Å². The smallest absolute Gasteiger partial charge is 0.253 e. The summed E-state index contributed by atoms with van der Waals surface area (Å²) < 4.78 is 12.8. The van der Waals surface area contributed by atoms with Crippen LogP contribution in [0.5, 0.6) is 0 Å². The molecule has 2 rings (SSSR count). The summed E-state index contributed by atoms with van der Waals surface area (Å²) in [4.78, 5) is 27.9. The number of nitrogens with one attached hydrogen (secondary N) is 1. The van der Waals surface area contributed by atoms with Gasteiger partial charge in [0.2, 0.25) is 0 Å². The van der Waals surface area contributed by atoms with Gasteiger partial charge in [0, 0.05) is 30.4 Å². The molecule has 22 heavy (non-hydrogen) atoms. The lowest BCUT2D eigenvalue weighted by Crippen LogP contribution is -2.34. The maximum Gasteiger partial charge on any atom is 0.253 e. The zero-order valence-corrected chi connectivity index (χ0v) is 12.6.